The minimum absolute atomic E-state index is 0.758. The first-order valence-corrected chi connectivity index (χ1v) is 5.54. The largest absolute Gasteiger partial charge is 0.313 e. The fourth-order valence-corrected chi connectivity index (χ4v) is 1.97. The van der Waals surface area contributed by atoms with Gasteiger partial charge in [0.05, 0.1) is 12.2 Å². The number of hydrogen-bond donors (Lipinski definition) is 1. The Morgan fingerprint density at radius 3 is 2.93 bits per heavy atom. The van der Waals surface area contributed by atoms with Gasteiger partial charge in [-0.05, 0) is 35.1 Å². The molecule has 0 fully saturated rings. The number of aromatic nitrogens is 2. The van der Waals surface area contributed by atoms with Crippen molar-refractivity contribution in [2.45, 2.75) is 6.54 Å². The molecule has 1 heterocycles. The molecular formula is C11H12BrN3. The van der Waals surface area contributed by atoms with E-state index >= 15 is 0 Å². The third-order valence-corrected chi connectivity index (χ3v) is 2.83. The van der Waals surface area contributed by atoms with E-state index < -0.39 is 0 Å². The van der Waals surface area contributed by atoms with Crippen molar-refractivity contribution >= 4 is 15.9 Å². The number of nitrogens with one attached hydrogen (secondary N) is 1. The van der Waals surface area contributed by atoms with Gasteiger partial charge in [-0.1, -0.05) is 12.1 Å². The Kier molecular flexibility index (Phi) is 3.18. The second-order valence-electron chi connectivity index (χ2n) is 3.20. The van der Waals surface area contributed by atoms with Gasteiger partial charge < -0.3 is 9.88 Å². The molecule has 0 bridgehead atoms. The van der Waals surface area contributed by atoms with Crippen LogP contribution in [0.25, 0.3) is 5.69 Å². The Balaban J connectivity index is 2.45. The summed E-state index contributed by atoms with van der Waals surface area (Å²) in [5, 5.41) is 3.10. The Labute approximate surface area is 97.3 Å². The lowest BCUT2D eigenvalue weighted by atomic mass is 10.3. The van der Waals surface area contributed by atoms with Crippen molar-refractivity contribution < 1.29 is 0 Å². The summed E-state index contributed by atoms with van der Waals surface area (Å²) in [5.74, 6) is 1.00. The maximum Gasteiger partial charge on any atom is 0.127 e. The molecule has 0 spiro atoms. The number of imidazole rings is 1. The third kappa shape index (κ3) is 2.11. The van der Waals surface area contributed by atoms with Crippen LogP contribution in [0.3, 0.4) is 0 Å². The van der Waals surface area contributed by atoms with Gasteiger partial charge in [-0.2, -0.15) is 0 Å². The second kappa shape index (κ2) is 4.59. The summed E-state index contributed by atoms with van der Waals surface area (Å²) in [4.78, 5) is 4.30. The molecule has 0 saturated heterocycles. The lowest BCUT2D eigenvalue weighted by Crippen LogP contribution is -2.11. The average molecular weight is 266 g/mol. The highest BCUT2D eigenvalue weighted by atomic mass is 79.9. The number of para-hydroxylation sites is 1. The van der Waals surface area contributed by atoms with Gasteiger partial charge in [0.2, 0.25) is 0 Å². The van der Waals surface area contributed by atoms with E-state index in [4.69, 9.17) is 0 Å². The minimum Gasteiger partial charge on any atom is -0.313 e. The first kappa shape index (κ1) is 10.4. The molecule has 0 saturated carbocycles. The summed E-state index contributed by atoms with van der Waals surface area (Å²) >= 11 is 3.53. The van der Waals surface area contributed by atoms with Crippen LogP contribution in [0.4, 0.5) is 0 Å². The van der Waals surface area contributed by atoms with E-state index in [1.807, 2.05) is 37.6 Å². The zero-order valence-electron chi connectivity index (χ0n) is 8.44. The maximum atomic E-state index is 4.30. The SMILES string of the molecule is CNCc1nccn1-c1ccccc1Br. The van der Waals surface area contributed by atoms with Gasteiger partial charge in [-0.25, -0.2) is 4.98 Å². The van der Waals surface area contributed by atoms with Gasteiger partial charge in [0, 0.05) is 16.9 Å². The molecule has 1 aromatic carbocycles. The smallest absolute Gasteiger partial charge is 0.127 e. The third-order valence-electron chi connectivity index (χ3n) is 2.16. The van der Waals surface area contributed by atoms with Crippen LogP contribution in [0.15, 0.2) is 41.1 Å². The summed E-state index contributed by atoms with van der Waals surface area (Å²) in [7, 11) is 1.92. The van der Waals surface area contributed by atoms with E-state index in [1.54, 1.807) is 0 Å². The quantitative estimate of drug-likeness (QED) is 0.924. The van der Waals surface area contributed by atoms with Crippen LogP contribution >= 0.6 is 15.9 Å². The maximum absolute atomic E-state index is 4.30. The number of halogens is 1. The summed E-state index contributed by atoms with van der Waals surface area (Å²) in [6.07, 6.45) is 3.78. The first-order valence-electron chi connectivity index (χ1n) is 4.74. The number of benzene rings is 1. The highest BCUT2D eigenvalue weighted by Gasteiger charge is 2.05. The summed E-state index contributed by atoms with van der Waals surface area (Å²) in [6, 6.07) is 8.11. The minimum atomic E-state index is 0.758. The normalized spacial score (nSPS) is 10.5. The number of rotatable bonds is 3. The summed E-state index contributed by atoms with van der Waals surface area (Å²) < 4.78 is 3.14. The molecule has 0 aliphatic rings. The summed E-state index contributed by atoms with van der Waals surface area (Å²) in [6.45, 7) is 0.758. The molecule has 4 heteroatoms. The molecular weight excluding hydrogens is 254 g/mol. The monoisotopic (exact) mass is 265 g/mol. The van der Waals surface area contributed by atoms with Gasteiger partial charge in [0.1, 0.15) is 5.82 Å². The van der Waals surface area contributed by atoms with Crippen molar-refractivity contribution in [1.29, 1.82) is 0 Å². The van der Waals surface area contributed by atoms with Gasteiger partial charge in [0.25, 0.3) is 0 Å². The van der Waals surface area contributed by atoms with Gasteiger partial charge in [0.15, 0.2) is 0 Å². The topological polar surface area (TPSA) is 29.9 Å². The Morgan fingerprint density at radius 2 is 2.20 bits per heavy atom. The van der Waals surface area contributed by atoms with Crippen LogP contribution in [0.1, 0.15) is 5.82 Å². The van der Waals surface area contributed by atoms with Crippen LogP contribution in [0.2, 0.25) is 0 Å². The van der Waals surface area contributed by atoms with Crippen LogP contribution in [0, 0.1) is 0 Å². The molecule has 78 valence electrons. The van der Waals surface area contributed by atoms with E-state index in [0.717, 1.165) is 22.5 Å². The van der Waals surface area contributed by atoms with Crippen LogP contribution < -0.4 is 5.32 Å². The molecule has 0 amide bonds. The number of nitrogens with zero attached hydrogens (tertiary/aromatic N) is 2. The van der Waals surface area contributed by atoms with Crippen molar-refractivity contribution in [3.05, 3.63) is 47.0 Å². The predicted molar refractivity (Wildman–Crippen MR) is 64.0 cm³/mol. The molecule has 0 radical (unpaired) electrons. The van der Waals surface area contributed by atoms with Crippen molar-refractivity contribution in [3.8, 4) is 5.69 Å². The Hall–Kier alpha value is -1.13. The molecule has 1 N–H and O–H groups in total. The van der Waals surface area contributed by atoms with Gasteiger partial charge in [-0.15, -0.1) is 0 Å². The standard InChI is InChI=1S/C11H12BrN3/c1-13-8-11-14-6-7-15(11)10-5-3-2-4-9(10)12/h2-7,13H,8H2,1H3. The second-order valence-corrected chi connectivity index (χ2v) is 4.05. The fourth-order valence-electron chi connectivity index (χ4n) is 1.49. The molecule has 3 nitrogen and oxygen atoms in total. The zero-order valence-corrected chi connectivity index (χ0v) is 10.0. The van der Waals surface area contributed by atoms with E-state index in [9.17, 15) is 0 Å². The van der Waals surface area contributed by atoms with Crippen molar-refractivity contribution in [2.75, 3.05) is 7.05 Å². The van der Waals surface area contributed by atoms with Crippen LogP contribution in [-0.2, 0) is 6.54 Å². The highest BCUT2D eigenvalue weighted by molar-refractivity contribution is 9.10. The molecule has 15 heavy (non-hydrogen) atoms. The Bertz CT molecular complexity index is 451. The zero-order chi connectivity index (χ0) is 10.7. The van der Waals surface area contributed by atoms with E-state index in [0.29, 0.717) is 0 Å². The fraction of sp³-hybridized carbons (Fsp3) is 0.182. The van der Waals surface area contributed by atoms with Gasteiger partial charge in [-0.3, -0.25) is 0 Å². The first-order chi connectivity index (χ1) is 7.33. The molecule has 0 aliphatic heterocycles. The predicted octanol–water partition coefficient (Wildman–Crippen LogP) is 2.35. The molecule has 0 aliphatic carbocycles. The molecule has 2 rings (SSSR count). The van der Waals surface area contributed by atoms with Crippen molar-refractivity contribution in [1.82, 2.24) is 14.9 Å². The van der Waals surface area contributed by atoms with Crippen LogP contribution in [0.5, 0.6) is 0 Å². The van der Waals surface area contributed by atoms with Crippen molar-refractivity contribution in [2.24, 2.45) is 0 Å². The van der Waals surface area contributed by atoms with Crippen molar-refractivity contribution in [3.63, 3.8) is 0 Å². The Morgan fingerprint density at radius 1 is 1.40 bits per heavy atom. The molecule has 0 unspecified atom stereocenters. The van der Waals surface area contributed by atoms with Crippen LogP contribution in [-0.4, -0.2) is 16.6 Å². The van der Waals surface area contributed by atoms with E-state index in [2.05, 4.69) is 36.9 Å². The summed E-state index contributed by atoms with van der Waals surface area (Å²) in [5.41, 5.74) is 1.11. The average Bonchev–Trinajstić information content (AvgIpc) is 2.67. The highest BCUT2D eigenvalue weighted by Crippen LogP contribution is 2.21. The van der Waals surface area contributed by atoms with Gasteiger partial charge >= 0.3 is 0 Å². The molecule has 2 aromatic rings. The lowest BCUT2D eigenvalue weighted by molar-refractivity contribution is 0.741. The van der Waals surface area contributed by atoms with E-state index in [-0.39, 0.29) is 0 Å². The number of hydrogen-bond acceptors (Lipinski definition) is 2. The molecule has 1 aromatic heterocycles. The molecule has 0 atom stereocenters. The van der Waals surface area contributed by atoms with E-state index in [1.165, 1.54) is 0 Å². The lowest BCUT2D eigenvalue weighted by Gasteiger charge is -2.09.